The summed E-state index contributed by atoms with van der Waals surface area (Å²) in [5.74, 6) is 0.760. The van der Waals surface area contributed by atoms with Crippen molar-refractivity contribution in [3.05, 3.63) is 35.9 Å². The van der Waals surface area contributed by atoms with Gasteiger partial charge in [0.25, 0.3) is 0 Å². The molecule has 2 rings (SSSR count). The van der Waals surface area contributed by atoms with Crippen LogP contribution in [0.15, 0.2) is 30.3 Å². The van der Waals surface area contributed by atoms with Crippen LogP contribution in [0.2, 0.25) is 0 Å². The van der Waals surface area contributed by atoms with Gasteiger partial charge in [-0.3, -0.25) is 4.79 Å². The highest BCUT2D eigenvalue weighted by atomic mass is 17.2. The maximum Gasteiger partial charge on any atom is 0.306 e. The number of unbranched alkanes of at least 4 members (excludes halogenated alkanes) is 2. The van der Waals surface area contributed by atoms with E-state index in [0.29, 0.717) is 5.92 Å². The first kappa shape index (κ1) is 25.9. The Morgan fingerprint density at radius 1 is 1.06 bits per heavy atom. The summed E-state index contributed by atoms with van der Waals surface area (Å²) in [6.45, 7) is 8.87. The van der Waals surface area contributed by atoms with Gasteiger partial charge in [0.05, 0.1) is 6.42 Å². The number of carboxylic acid groups (broad SMARTS) is 1. The summed E-state index contributed by atoms with van der Waals surface area (Å²) in [6, 6.07) is 10.8. The Morgan fingerprint density at radius 2 is 1.68 bits per heavy atom. The highest BCUT2D eigenvalue weighted by Crippen LogP contribution is 2.37. The van der Waals surface area contributed by atoms with Crippen LogP contribution in [0.4, 0.5) is 0 Å². The summed E-state index contributed by atoms with van der Waals surface area (Å²) < 4.78 is 0. The summed E-state index contributed by atoms with van der Waals surface area (Å²) in [6.07, 6.45) is 11.7. The van der Waals surface area contributed by atoms with Crippen molar-refractivity contribution in [1.82, 2.24) is 0 Å². The molecular weight excluding hydrogens is 388 g/mol. The number of carbonyl (C=O) groups is 1. The van der Waals surface area contributed by atoms with Crippen molar-refractivity contribution >= 4 is 5.97 Å². The highest BCUT2D eigenvalue weighted by Gasteiger charge is 2.40. The minimum atomic E-state index is -0.831. The maximum atomic E-state index is 10.9. The zero-order valence-electron chi connectivity index (χ0n) is 20.1. The highest BCUT2D eigenvalue weighted by molar-refractivity contribution is 5.67. The first-order valence-corrected chi connectivity index (χ1v) is 12.4. The van der Waals surface area contributed by atoms with Gasteiger partial charge < -0.3 is 5.11 Å². The van der Waals surface area contributed by atoms with E-state index in [-0.39, 0.29) is 24.0 Å². The third-order valence-electron chi connectivity index (χ3n) is 6.82. The Kier molecular flexibility index (Phi) is 11.0. The van der Waals surface area contributed by atoms with Crippen LogP contribution < -0.4 is 0 Å². The number of aliphatic carboxylic acids is 1. The Balaban J connectivity index is 1.54. The number of hydrogen-bond donors (Lipinski definition) is 1. The van der Waals surface area contributed by atoms with E-state index in [1.165, 1.54) is 56.9 Å². The molecule has 0 radical (unpaired) electrons. The van der Waals surface area contributed by atoms with E-state index in [9.17, 15) is 4.79 Å². The van der Waals surface area contributed by atoms with Gasteiger partial charge in [-0.15, -0.1) is 0 Å². The molecule has 0 amide bonds. The summed E-state index contributed by atoms with van der Waals surface area (Å²) >= 11 is 0. The molecule has 0 saturated carbocycles. The monoisotopic (exact) mass is 432 g/mol. The zero-order chi connectivity index (χ0) is 22.7. The van der Waals surface area contributed by atoms with Gasteiger partial charge in [-0.05, 0) is 55.9 Å². The summed E-state index contributed by atoms with van der Waals surface area (Å²) in [5.41, 5.74) is 1.15. The van der Waals surface area contributed by atoms with E-state index in [1.54, 1.807) is 0 Å². The molecule has 5 atom stereocenters. The molecule has 1 aromatic carbocycles. The van der Waals surface area contributed by atoms with Gasteiger partial charge in [-0.25, -0.2) is 9.78 Å². The maximum absolute atomic E-state index is 10.9. The Hall–Kier alpha value is -1.39. The van der Waals surface area contributed by atoms with Gasteiger partial charge in [-0.2, -0.15) is 0 Å². The van der Waals surface area contributed by atoms with Gasteiger partial charge in [0.2, 0.25) is 0 Å². The average molecular weight is 433 g/mol. The number of hydrogen-bond acceptors (Lipinski definition) is 3. The molecule has 0 bridgehead atoms. The Bertz CT molecular complexity index is 631. The van der Waals surface area contributed by atoms with Crippen LogP contribution in [0.1, 0.15) is 97.5 Å². The van der Waals surface area contributed by atoms with Crippen LogP contribution in [0, 0.1) is 17.8 Å². The summed E-state index contributed by atoms with van der Waals surface area (Å²) in [7, 11) is 0. The molecule has 1 fully saturated rings. The number of carboxylic acids is 1. The molecule has 4 heteroatoms. The second-order valence-corrected chi connectivity index (χ2v) is 10.4. The van der Waals surface area contributed by atoms with Crippen molar-refractivity contribution in [3.63, 3.8) is 0 Å². The van der Waals surface area contributed by atoms with Gasteiger partial charge >= 0.3 is 5.97 Å². The van der Waals surface area contributed by atoms with Crippen LogP contribution in [0.3, 0.4) is 0 Å². The number of aryl methyl sites for hydroxylation is 1. The largest absolute Gasteiger partial charge is 0.481 e. The molecule has 4 nitrogen and oxygen atoms in total. The van der Waals surface area contributed by atoms with Crippen molar-refractivity contribution in [2.75, 3.05) is 0 Å². The van der Waals surface area contributed by atoms with Crippen molar-refractivity contribution in [1.29, 1.82) is 0 Å². The molecule has 0 unspecified atom stereocenters. The third kappa shape index (κ3) is 10.2. The minimum Gasteiger partial charge on any atom is -0.481 e. The fraction of sp³-hybridized carbons (Fsp3) is 0.741. The fourth-order valence-electron chi connectivity index (χ4n) is 5.08. The van der Waals surface area contributed by atoms with Crippen LogP contribution in [-0.2, 0) is 21.0 Å². The summed E-state index contributed by atoms with van der Waals surface area (Å²) in [5, 5.41) is 8.99. The van der Waals surface area contributed by atoms with Crippen LogP contribution in [0.5, 0.6) is 0 Å². The average Bonchev–Trinajstić information content (AvgIpc) is 2.71. The molecule has 0 aliphatic carbocycles. The zero-order valence-corrected chi connectivity index (χ0v) is 20.1. The smallest absolute Gasteiger partial charge is 0.306 e. The lowest BCUT2D eigenvalue weighted by molar-refractivity contribution is -0.418. The molecule has 1 saturated heterocycles. The van der Waals surface area contributed by atoms with E-state index < -0.39 is 5.97 Å². The molecule has 0 aromatic heterocycles. The van der Waals surface area contributed by atoms with Crippen LogP contribution in [-0.4, -0.2) is 22.8 Å². The van der Waals surface area contributed by atoms with E-state index in [0.717, 1.165) is 18.8 Å². The Morgan fingerprint density at radius 3 is 2.29 bits per heavy atom. The normalized spacial score (nSPS) is 25.8. The topological polar surface area (TPSA) is 55.8 Å². The second kappa shape index (κ2) is 13.2. The Labute approximate surface area is 189 Å². The van der Waals surface area contributed by atoms with E-state index in [1.807, 2.05) is 0 Å². The lowest BCUT2D eigenvalue weighted by atomic mass is 9.81. The first-order chi connectivity index (χ1) is 14.8. The molecule has 0 spiro atoms. The molecular formula is C27H44O4. The fourth-order valence-corrected chi connectivity index (χ4v) is 5.08. The van der Waals surface area contributed by atoms with E-state index in [4.69, 9.17) is 14.9 Å². The lowest BCUT2D eigenvalue weighted by Crippen LogP contribution is -2.44. The van der Waals surface area contributed by atoms with E-state index in [2.05, 4.69) is 58.0 Å². The molecule has 1 aliphatic rings. The van der Waals surface area contributed by atoms with Gasteiger partial charge in [0.1, 0.15) is 11.7 Å². The third-order valence-corrected chi connectivity index (χ3v) is 6.82. The van der Waals surface area contributed by atoms with Crippen molar-refractivity contribution in [2.24, 2.45) is 17.8 Å². The van der Waals surface area contributed by atoms with Crippen molar-refractivity contribution in [2.45, 2.75) is 110 Å². The van der Waals surface area contributed by atoms with E-state index >= 15 is 0 Å². The van der Waals surface area contributed by atoms with Gasteiger partial charge in [-0.1, -0.05) is 89.6 Å². The quantitative estimate of drug-likeness (QED) is 0.249. The van der Waals surface area contributed by atoms with Crippen LogP contribution in [0.25, 0.3) is 0 Å². The predicted octanol–water partition coefficient (Wildman–Crippen LogP) is 7.21. The van der Waals surface area contributed by atoms with Crippen molar-refractivity contribution < 1.29 is 19.7 Å². The summed E-state index contributed by atoms with van der Waals surface area (Å²) in [4.78, 5) is 22.1. The second-order valence-electron chi connectivity index (χ2n) is 10.4. The van der Waals surface area contributed by atoms with Crippen molar-refractivity contribution in [3.8, 4) is 0 Å². The first-order valence-electron chi connectivity index (χ1n) is 12.4. The van der Waals surface area contributed by atoms with Gasteiger partial charge in [0.15, 0.2) is 0 Å². The molecule has 31 heavy (non-hydrogen) atoms. The minimum absolute atomic E-state index is 0.0112. The molecule has 1 N–H and O–H groups in total. The molecule has 1 aliphatic heterocycles. The molecule has 176 valence electrons. The predicted molar refractivity (Wildman–Crippen MR) is 126 cm³/mol. The van der Waals surface area contributed by atoms with Gasteiger partial charge in [0, 0.05) is 0 Å². The number of benzene rings is 1. The SMILES string of the molecule is C[C@H](CCCCc1ccccc1)CCCC[C@@H](C)C[C@]1(C)C[C@H](C)[C@H](CC(=O)O)OO1. The van der Waals surface area contributed by atoms with Crippen LogP contribution >= 0.6 is 0 Å². The molecule has 1 aromatic rings. The molecule has 1 heterocycles. The standard InChI is InChI=1S/C27H44O4/c1-21(13-10-11-17-24-15-6-5-7-16-24)12-8-9-14-22(2)19-27(4)20-23(3)25(30-31-27)18-26(28)29/h5-7,15-16,21-23,25H,8-14,17-20H2,1-4H3,(H,28,29)/t21-,22+,23-,25-,27+/m0/s1. The lowest BCUT2D eigenvalue weighted by Gasteiger charge is -2.40. The number of rotatable bonds is 14.